The number of ether oxygens (including phenoxy) is 1. The summed E-state index contributed by atoms with van der Waals surface area (Å²) in [6.07, 6.45) is 0. The van der Waals surface area contributed by atoms with E-state index in [9.17, 15) is 0 Å². The monoisotopic (exact) mass is 261 g/mol. The van der Waals surface area contributed by atoms with Crippen LogP contribution in [0.15, 0.2) is 29.1 Å². The SMILES string of the molecule is CCOc1ccc(C(C)(C)C)cc1-c1cscn1. The Morgan fingerprint density at radius 2 is 2.06 bits per heavy atom. The zero-order valence-electron chi connectivity index (χ0n) is 11.4. The van der Waals surface area contributed by atoms with Gasteiger partial charge in [0, 0.05) is 10.9 Å². The average Bonchev–Trinajstić information content (AvgIpc) is 2.82. The van der Waals surface area contributed by atoms with Crippen LogP contribution >= 0.6 is 11.3 Å². The molecule has 0 radical (unpaired) electrons. The molecule has 2 rings (SSSR count). The molecule has 0 saturated heterocycles. The summed E-state index contributed by atoms with van der Waals surface area (Å²) >= 11 is 1.61. The van der Waals surface area contributed by atoms with Crippen LogP contribution in [0.4, 0.5) is 0 Å². The summed E-state index contributed by atoms with van der Waals surface area (Å²) < 4.78 is 5.69. The molecule has 0 unspecified atom stereocenters. The van der Waals surface area contributed by atoms with Crippen molar-refractivity contribution >= 4 is 11.3 Å². The molecule has 2 aromatic rings. The van der Waals surface area contributed by atoms with E-state index >= 15 is 0 Å². The summed E-state index contributed by atoms with van der Waals surface area (Å²) in [5.41, 5.74) is 5.37. The summed E-state index contributed by atoms with van der Waals surface area (Å²) in [7, 11) is 0. The highest BCUT2D eigenvalue weighted by molar-refractivity contribution is 7.07. The third kappa shape index (κ3) is 2.72. The standard InChI is InChI=1S/C15H19NOS/c1-5-17-14-7-6-11(15(2,3)4)8-12(14)13-9-18-10-16-13/h6-10H,5H2,1-4H3. The quantitative estimate of drug-likeness (QED) is 0.811. The van der Waals surface area contributed by atoms with Crippen LogP contribution in [0.1, 0.15) is 33.3 Å². The molecular formula is C15H19NOS. The van der Waals surface area contributed by atoms with Crippen LogP contribution < -0.4 is 4.74 Å². The molecule has 18 heavy (non-hydrogen) atoms. The van der Waals surface area contributed by atoms with E-state index in [2.05, 4.69) is 49.3 Å². The molecule has 0 aliphatic carbocycles. The van der Waals surface area contributed by atoms with E-state index < -0.39 is 0 Å². The van der Waals surface area contributed by atoms with Crippen molar-refractivity contribution in [2.24, 2.45) is 0 Å². The van der Waals surface area contributed by atoms with Crippen LogP contribution in [0, 0.1) is 0 Å². The molecule has 0 spiro atoms. The third-order valence-corrected chi connectivity index (χ3v) is 3.44. The Bertz CT molecular complexity index is 512. The van der Waals surface area contributed by atoms with Gasteiger partial charge in [-0.2, -0.15) is 0 Å². The Balaban J connectivity index is 2.52. The van der Waals surface area contributed by atoms with Gasteiger partial charge in [-0.25, -0.2) is 4.98 Å². The first-order valence-corrected chi connectivity index (χ1v) is 7.12. The van der Waals surface area contributed by atoms with Crippen LogP contribution in [0.2, 0.25) is 0 Å². The molecule has 1 aromatic heterocycles. The summed E-state index contributed by atoms with van der Waals surface area (Å²) in [6, 6.07) is 6.39. The van der Waals surface area contributed by atoms with Crippen LogP contribution in [-0.4, -0.2) is 11.6 Å². The highest BCUT2D eigenvalue weighted by atomic mass is 32.1. The van der Waals surface area contributed by atoms with E-state index in [0.717, 1.165) is 17.0 Å². The van der Waals surface area contributed by atoms with E-state index in [1.807, 2.05) is 12.4 Å². The lowest BCUT2D eigenvalue weighted by Gasteiger charge is -2.21. The zero-order chi connectivity index (χ0) is 13.2. The van der Waals surface area contributed by atoms with Gasteiger partial charge in [-0.1, -0.05) is 26.8 Å². The highest BCUT2D eigenvalue weighted by Gasteiger charge is 2.17. The molecular weight excluding hydrogens is 242 g/mol. The van der Waals surface area contributed by atoms with E-state index in [4.69, 9.17) is 4.74 Å². The molecule has 0 N–H and O–H groups in total. The van der Waals surface area contributed by atoms with Gasteiger partial charge >= 0.3 is 0 Å². The molecule has 0 atom stereocenters. The van der Waals surface area contributed by atoms with Gasteiger partial charge in [-0.15, -0.1) is 11.3 Å². The van der Waals surface area contributed by atoms with Crippen molar-refractivity contribution in [2.75, 3.05) is 6.61 Å². The number of aromatic nitrogens is 1. The van der Waals surface area contributed by atoms with Gasteiger partial charge in [-0.05, 0) is 30.0 Å². The lowest BCUT2D eigenvalue weighted by molar-refractivity contribution is 0.341. The maximum atomic E-state index is 5.69. The minimum absolute atomic E-state index is 0.134. The fourth-order valence-electron chi connectivity index (χ4n) is 1.82. The number of thiazole rings is 1. The zero-order valence-corrected chi connectivity index (χ0v) is 12.2. The van der Waals surface area contributed by atoms with Crippen LogP contribution in [0.5, 0.6) is 5.75 Å². The van der Waals surface area contributed by atoms with Crippen molar-refractivity contribution in [2.45, 2.75) is 33.1 Å². The Labute approximate surface area is 113 Å². The van der Waals surface area contributed by atoms with Gasteiger partial charge in [0.15, 0.2) is 0 Å². The summed E-state index contributed by atoms with van der Waals surface area (Å²) in [5.74, 6) is 0.913. The van der Waals surface area contributed by atoms with Gasteiger partial charge in [0.25, 0.3) is 0 Å². The minimum Gasteiger partial charge on any atom is -0.493 e. The normalized spacial score (nSPS) is 11.6. The third-order valence-electron chi connectivity index (χ3n) is 2.85. The maximum Gasteiger partial charge on any atom is 0.128 e. The van der Waals surface area contributed by atoms with Crippen molar-refractivity contribution in [3.05, 3.63) is 34.7 Å². The van der Waals surface area contributed by atoms with Gasteiger partial charge < -0.3 is 4.74 Å². The Hall–Kier alpha value is -1.35. The fourth-order valence-corrected chi connectivity index (χ4v) is 2.38. The summed E-state index contributed by atoms with van der Waals surface area (Å²) in [6.45, 7) is 9.32. The number of hydrogen-bond donors (Lipinski definition) is 0. The van der Waals surface area contributed by atoms with Gasteiger partial charge in [-0.3, -0.25) is 0 Å². The average molecular weight is 261 g/mol. The first kappa shape index (κ1) is 13.1. The Morgan fingerprint density at radius 3 is 2.61 bits per heavy atom. The largest absolute Gasteiger partial charge is 0.493 e. The van der Waals surface area contributed by atoms with Gasteiger partial charge in [0.05, 0.1) is 17.8 Å². The van der Waals surface area contributed by atoms with Crippen molar-refractivity contribution in [3.8, 4) is 17.0 Å². The lowest BCUT2D eigenvalue weighted by Crippen LogP contribution is -2.11. The number of hydrogen-bond acceptors (Lipinski definition) is 3. The second kappa shape index (κ2) is 5.11. The predicted octanol–water partition coefficient (Wildman–Crippen LogP) is 4.51. The first-order chi connectivity index (χ1) is 8.52. The number of benzene rings is 1. The van der Waals surface area contributed by atoms with Crippen molar-refractivity contribution in [1.82, 2.24) is 4.98 Å². The molecule has 0 amide bonds. The maximum absolute atomic E-state index is 5.69. The van der Waals surface area contributed by atoms with Crippen LogP contribution in [0.25, 0.3) is 11.3 Å². The summed E-state index contributed by atoms with van der Waals surface area (Å²) in [5, 5.41) is 2.06. The second-order valence-corrected chi connectivity index (χ2v) is 5.99. The highest BCUT2D eigenvalue weighted by Crippen LogP contribution is 2.34. The van der Waals surface area contributed by atoms with Crippen LogP contribution in [0.3, 0.4) is 0 Å². The van der Waals surface area contributed by atoms with E-state index in [0.29, 0.717) is 6.61 Å². The van der Waals surface area contributed by atoms with Crippen molar-refractivity contribution in [3.63, 3.8) is 0 Å². The second-order valence-electron chi connectivity index (χ2n) is 5.27. The lowest BCUT2D eigenvalue weighted by atomic mass is 9.86. The molecule has 3 heteroatoms. The molecule has 1 heterocycles. The first-order valence-electron chi connectivity index (χ1n) is 6.18. The minimum atomic E-state index is 0.134. The van der Waals surface area contributed by atoms with E-state index in [1.165, 1.54) is 5.56 Å². The van der Waals surface area contributed by atoms with Gasteiger partial charge in [0.1, 0.15) is 5.75 Å². The molecule has 0 fully saturated rings. The smallest absolute Gasteiger partial charge is 0.128 e. The Morgan fingerprint density at radius 1 is 1.28 bits per heavy atom. The molecule has 96 valence electrons. The molecule has 0 saturated carbocycles. The van der Waals surface area contributed by atoms with Crippen molar-refractivity contribution < 1.29 is 4.74 Å². The molecule has 1 aromatic carbocycles. The number of rotatable bonds is 3. The molecule has 0 bridgehead atoms. The van der Waals surface area contributed by atoms with Gasteiger partial charge in [0.2, 0.25) is 0 Å². The van der Waals surface area contributed by atoms with Crippen LogP contribution in [-0.2, 0) is 5.41 Å². The van der Waals surface area contributed by atoms with E-state index in [1.54, 1.807) is 11.3 Å². The fraction of sp³-hybridized carbons (Fsp3) is 0.400. The number of nitrogens with zero attached hydrogens (tertiary/aromatic N) is 1. The predicted molar refractivity (Wildman–Crippen MR) is 77.4 cm³/mol. The Kier molecular flexibility index (Phi) is 3.71. The molecule has 0 aliphatic heterocycles. The molecule has 2 nitrogen and oxygen atoms in total. The molecule has 0 aliphatic rings. The van der Waals surface area contributed by atoms with E-state index in [-0.39, 0.29) is 5.41 Å². The summed E-state index contributed by atoms with van der Waals surface area (Å²) in [4.78, 5) is 4.39. The topological polar surface area (TPSA) is 22.1 Å². The van der Waals surface area contributed by atoms with Crippen molar-refractivity contribution in [1.29, 1.82) is 0 Å².